The highest BCUT2D eigenvalue weighted by molar-refractivity contribution is 4.58. The molecule has 0 aliphatic rings. The van der Waals surface area contributed by atoms with E-state index in [1.54, 1.807) is 0 Å². The maximum Gasteiger partial charge on any atom is 0.0593 e. The Morgan fingerprint density at radius 1 is 0.824 bits per heavy atom. The van der Waals surface area contributed by atoms with Gasteiger partial charge in [-0.25, -0.2) is 0 Å². The molecule has 0 saturated heterocycles. The van der Waals surface area contributed by atoms with Gasteiger partial charge in [0.25, 0.3) is 0 Å². The van der Waals surface area contributed by atoms with Crippen LogP contribution in [0.2, 0.25) is 0 Å². The van der Waals surface area contributed by atoms with E-state index in [0.717, 1.165) is 59.0 Å². The Bertz CT molecular complexity index is 135. The molecule has 0 fully saturated rings. The number of rotatable bonds is 13. The maximum atomic E-state index is 5.49. The summed E-state index contributed by atoms with van der Waals surface area (Å²) in [5.41, 5.74) is 5.49. The summed E-state index contributed by atoms with van der Waals surface area (Å²) < 4.78 is 10.8. The lowest BCUT2D eigenvalue weighted by Gasteiger charge is -2.21. The minimum Gasteiger partial charge on any atom is -0.380 e. The quantitative estimate of drug-likeness (QED) is 0.500. The van der Waals surface area contributed by atoms with E-state index in [9.17, 15) is 0 Å². The molecule has 0 atom stereocenters. The van der Waals surface area contributed by atoms with E-state index in [2.05, 4.69) is 4.90 Å². The molecule has 17 heavy (non-hydrogen) atoms. The Morgan fingerprint density at radius 2 is 1.41 bits per heavy atom. The van der Waals surface area contributed by atoms with E-state index in [4.69, 9.17) is 15.2 Å². The van der Waals surface area contributed by atoms with Crippen molar-refractivity contribution in [2.45, 2.75) is 33.1 Å². The van der Waals surface area contributed by atoms with Crippen molar-refractivity contribution in [2.24, 2.45) is 5.73 Å². The molecule has 0 saturated carbocycles. The van der Waals surface area contributed by atoms with Crippen LogP contribution in [0.1, 0.15) is 33.1 Å². The predicted octanol–water partition coefficient (Wildman–Crippen LogP) is 1.49. The van der Waals surface area contributed by atoms with Crippen LogP contribution in [0.15, 0.2) is 0 Å². The summed E-state index contributed by atoms with van der Waals surface area (Å²) in [5, 5.41) is 0. The van der Waals surface area contributed by atoms with Gasteiger partial charge < -0.3 is 15.2 Å². The van der Waals surface area contributed by atoms with Crippen LogP contribution < -0.4 is 5.73 Å². The molecular formula is C13H30N2O2. The van der Waals surface area contributed by atoms with Gasteiger partial charge in [-0.2, -0.15) is 0 Å². The van der Waals surface area contributed by atoms with Crippen LogP contribution in [0.5, 0.6) is 0 Å². The third-order valence-electron chi connectivity index (χ3n) is 2.69. The Morgan fingerprint density at radius 3 is 1.88 bits per heavy atom. The number of ether oxygens (including phenoxy) is 2. The van der Waals surface area contributed by atoms with Crippen molar-refractivity contribution in [3.05, 3.63) is 0 Å². The van der Waals surface area contributed by atoms with Crippen molar-refractivity contribution < 1.29 is 9.47 Å². The molecule has 0 radical (unpaired) electrons. The minimum absolute atomic E-state index is 0.798. The first-order valence-corrected chi connectivity index (χ1v) is 6.93. The van der Waals surface area contributed by atoms with Crippen molar-refractivity contribution in [1.82, 2.24) is 4.90 Å². The summed E-state index contributed by atoms with van der Waals surface area (Å²) in [4.78, 5) is 2.42. The van der Waals surface area contributed by atoms with E-state index in [0.29, 0.717) is 0 Å². The number of hydrogen-bond donors (Lipinski definition) is 1. The summed E-state index contributed by atoms with van der Waals surface area (Å²) in [6.45, 7) is 11.2. The summed E-state index contributed by atoms with van der Waals surface area (Å²) in [5.74, 6) is 0. The van der Waals surface area contributed by atoms with Crippen molar-refractivity contribution in [2.75, 3.05) is 52.6 Å². The third kappa shape index (κ3) is 12.1. The highest BCUT2D eigenvalue weighted by Gasteiger charge is 2.04. The molecule has 0 rings (SSSR count). The fraction of sp³-hybridized carbons (Fsp3) is 1.00. The topological polar surface area (TPSA) is 47.7 Å². The van der Waals surface area contributed by atoms with Crippen LogP contribution in [-0.2, 0) is 9.47 Å². The molecule has 0 unspecified atom stereocenters. The second kappa shape index (κ2) is 13.9. The van der Waals surface area contributed by atoms with Gasteiger partial charge in [0.1, 0.15) is 0 Å². The van der Waals surface area contributed by atoms with Crippen molar-refractivity contribution in [3.63, 3.8) is 0 Å². The SMILES string of the molecule is CCOCCN(CCCCCN)CCOCC. The smallest absolute Gasteiger partial charge is 0.0593 e. The lowest BCUT2D eigenvalue weighted by atomic mass is 10.2. The summed E-state index contributed by atoms with van der Waals surface area (Å²) >= 11 is 0. The lowest BCUT2D eigenvalue weighted by molar-refractivity contribution is 0.0820. The fourth-order valence-corrected chi connectivity index (χ4v) is 1.67. The van der Waals surface area contributed by atoms with Gasteiger partial charge in [-0.3, -0.25) is 4.90 Å². The average Bonchev–Trinajstić information content (AvgIpc) is 2.34. The fourth-order valence-electron chi connectivity index (χ4n) is 1.67. The molecule has 0 amide bonds. The van der Waals surface area contributed by atoms with Gasteiger partial charge in [0.15, 0.2) is 0 Å². The Balaban J connectivity index is 3.60. The van der Waals surface area contributed by atoms with Gasteiger partial charge in [-0.1, -0.05) is 6.42 Å². The zero-order chi connectivity index (χ0) is 12.8. The van der Waals surface area contributed by atoms with Crippen molar-refractivity contribution in [1.29, 1.82) is 0 Å². The summed E-state index contributed by atoms with van der Waals surface area (Å²) in [7, 11) is 0. The molecule has 0 aliphatic carbocycles. The monoisotopic (exact) mass is 246 g/mol. The second-order valence-corrected chi connectivity index (χ2v) is 4.08. The van der Waals surface area contributed by atoms with Crippen LogP contribution in [-0.4, -0.2) is 57.5 Å². The molecular weight excluding hydrogens is 216 g/mol. The van der Waals surface area contributed by atoms with Crippen molar-refractivity contribution >= 4 is 0 Å². The van der Waals surface area contributed by atoms with Gasteiger partial charge in [0.2, 0.25) is 0 Å². The van der Waals surface area contributed by atoms with E-state index in [-0.39, 0.29) is 0 Å². The molecule has 0 spiro atoms. The zero-order valence-electron chi connectivity index (χ0n) is 11.6. The lowest BCUT2D eigenvalue weighted by Crippen LogP contribution is -2.32. The Kier molecular flexibility index (Phi) is 13.8. The van der Waals surface area contributed by atoms with Gasteiger partial charge in [0, 0.05) is 26.3 Å². The van der Waals surface area contributed by atoms with Gasteiger partial charge in [-0.15, -0.1) is 0 Å². The first-order valence-electron chi connectivity index (χ1n) is 6.93. The highest BCUT2D eigenvalue weighted by Crippen LogP contribution is 1.98. The van der Waals surface area contributed by atoms with E-state index in [1.165, 1.54) is 12.8 Å². The number of nitrogens with zero attached hydrogens (tertiary/aromatic N) is 1. The number of hydrogen-bond acceptors (Lipinski definition) is 4. The van der Waals surface area contributed by atoms with Crippen LogP contribution in [0, 0.1) is 0 Å². The standard InChI is InChI=1S/C13H30N2O2/c1-3-16-12-10-15(11-13-17-4-2)9-7-5-6-8-14/h3-14H2,1-2H3. The first-order chi connectivity index (χ1) is 8.35. The maximum absolute atomic E-state index is 5.49. The van der Waals surface area contributed by atoms with Crippen LogP contribution in [0.4, 0.5) is 0 Å². The third-order valence-corrected chi connectivity index (χ3v) is 2.69. The molecule has 4 heteroatoms. The molecule has 104 valence electrons. The summed E-state index contributed by atoms with van der Waals surface area (Å²) in [6, 6.07) is 0. The van der Waals surface area contributed by atoms with E-state index >= 15 is 0 Å². The van der Waals surface area contributed by atoms with Crippen LogP contribution >= 0.6 is 0 Å². The highest BCUT2D eigenvalue weighted by atomic mass is 16.5. The van der Waals surface area contributed by atoms with Gasteiger partial charge >= 0.3 is 0 Å². The molecule has 4 nitrogen and oxygen atoms in total. The van der Waals surface area contributed by atoms with E-state index < -0.39 is 0 Å². The second-order valence-electron chi connectivity index (χ2n) is 4.08. The van der Waals surface area contributed by atoms with Crippen LogP contribution in [0.3, 0.4) is 0 Å². The molecule has 2 N–H and O–H groups in total. The molecule has 0 bridgehead atoms. The molecule has 0 aliphatic heterocycles. The van der Waals surface area contributed by atoms with E-state index in [1.807, 2.05) is 13.8 Å². The van der Waals surface area contributed by atoms with Gasteiger partial charge in [-0.05, 0) is 39.8 Å². The largest absolute Gasteiger partial charge is 0.380 e. The average molecular weight is 246 g/mol. The van der Waals surface area contributed by atoms with Crippen molar-refractivity contribution in [3.8, 4) is 0 Å². The number of nitrogens with two attached hydrogens (primary N) is 1. The predicted molar refractivity (Wildman–Crippen MR) is 72.3 cm³/mol. The summed E-state index contributed by atoms with van der Waals surface area (Å²) in [6.07, 6.45) is 3.57. The number of unbranched alkanes of at least 4 members (excludes halogenated alkanes) is 2. The van der Waals surface area contributed by atoms with Gasteiger partial charge in [0.05, 0.1) is 13.2 Å². The molecule has 0 heterocycles. The first kappa shape index (κ1) is 16.8. The zero-order valence-corrected chi connectivity index (χ0v) is 11.6. The Hall–Kier alpha value is -0.160. The molecule has 0 aromatic carbocycles. The molecule has 0 aromatic rings. The Labute approximate surface area is 106 Å². The normalized spacial score (nSPS) is 11.3. The van der Waals surface area contributed by atoms with Crippen LogP contribution in [0.25, 0.3) is 0 Å². The minimum atomic E-state index is 0.798. The molecule has 0 aromatic heterocycles.